The fraction of sp³-hybridized carbons (Fsp3) is 0. The minimum absolute atomic E-state index is 0.625. The van der Waals surface area contributed by atoms with Gasteiger partial charge in [-0.2, -0.15) is 4.40 Å². The van der Waals surface area contributed by atoms with Crippen LogP contribution in [0, 0.1) is 5.21 Å². The lowest BCUT2D eigenvalue weighted by molar-refractivity contribution is -0.564. The van der Waals surface area contributed by atoms with Gasteiger partial charge in [-0.15, -0.1) is 0 Å². The molecule has 4 rings (SSSR count). The Hall–Kier alpha value is -3.07. The van der Waals surface area contributed by atoms with Gasteiger partial charge >= 0.3 is 0 Å². The highest BCUT2D eigenvalue weighted by Crippen LogP contribution is 2.31. The maximum Gasteiger partial charge on any atom is 0.290 e. The molecule has 106 valence electrons. The third-order valence-electron chi connectivity index (χ3n) is 3.81. The topological polar surface area (TPSA) is 31.3 Å². The van der Waals surface area contributed by atoms with E-state index in [4.69, 9.17) is 0 Å². The first-order chi connectivity index (χ1) is 10.9. The predicted molar refractivity (Wildman–Crippen MR) is 87.2 cm³/mol. The normalized spacial score (nSPS) is 10.9. The van der Waals surface area contributed by atoms with Gasteiger partial charge in [0.15, 0.2) is 11.4 Å². The van der Waals surface area contributed by atoms with Crippen molar-refractivity contribution in [3.05, 3.63) is 90.3 Å². The maximum absolute atomic E-state index is 12.8. The van der Waals surface area contributed by atoms with Crippen LogP contribution in [0.5, 0.6) is 0 Å². The zero-order valence-electron chi connectivity index (χ0n) is 11.9. The molecular weight excluding hydrogens is 272 g/mol. The van der Waals surface area contributed by atoms with Crippen LogP contribution in [-0.4, -0.2) is 4.40 Å². The molecule has 0 aliphatic carbocycles. The first-order valence-corrected chi connectivity index (χ1v) is 7.20. The van der Waals surface area contributed by atoms with Crippen LogP contribution in [0.15, 0.2) is 85.1 Å². The Balaban J connectivity index is 2.14. The van der Waals surface area contributed by atoms with Crippen molar-refractivity contribution in [2.24, 2.45) is 0 Å². The van der Waals surface area contributed by atoms with E-state index in [0.717, 1.165) is 21.6 Å². The van der Waals surface area contributed by atoms with Gasteiger partial charge < -0.3 is 5.21 Å². The molecule has 0 aliphatic rings. The zero-order valence-corrected chi connectivity index (χ0v) is 11.9. The first kappa shape index (κ1) is 12.7. The Labute approximate surface area is 128 Å². The minimum atomic E-state index is 0.625. The number of nitrogens with zero attached hydrogens (tertiary/aromatic N) is 2. The van der Waals surface area contributed by atoms with Gasteiger partial charge in [0.1, 0.15) is 0 Å². The second kappa shape index (κ2) is 5.04. The van der Waals surface area contributed by atoms with Gasteiger partial charge in [0.25, 0.3) is 5.65 Å². The molecule has 2 heterocycles. The van der Waals surface area contributed by atoms with Gasteiger partial charge in [0, 0.05) is 17.2 Å². The van der Waals surface area contributed by atoms with Crippen LogP contribution in [0.3, 0.4) is 0 Å². The molecule has 0 fully saturated rings. The van der Waals surface area contributed by atoms with Crippen LogP contribution >= 0.6 is 0 Å². The quantitative estimate of drug-likeness (QED) is 0.406. The molecule has 0 saturated carbocycles. The number of aromatic nitrogens is 2. The molecule has 0 N–H and O–H groups in total. The molecule has 22 heavy (non-hydrogen) atoms. The van der Waals surface area contributed by atoms with Gasteiger partial charge in [-0.3, -0.25) is 0 Å². The monoisotopic (exact) mass is 286 g/mol. The van der Waals surface area contributed by atoms with Gasteiger partial charge in [0.2, 0.25) is 0 Å². The van der Waals surface area contributed by atoms with Crippen LogP contribution in [0.25, 0.3) is 28.2 Å². The number of rotatable bonds is 2. The lowest BCUT2D eigenvalue weighted by Gasteiger charge is -2.05. The molecule has 0 amide bonds. The van der Waals surface area contributed by atoms with E-state index in [1.54, 1.807) is 0 Å². The van der Waals surface area contributed by atoms with E-state index in [1.807, 2.05) is 89.5 Å². The summed E-state index contributed by atoms with van der Waals surface area (Å²) in [5.41, 5.74) is 4.16. The average Bonchev–Trinajstić information content (AvgIpc) is 2.90. The molecule has 3 heteroatoms. The Kier molecular flexibility index (Phi) is 2.90. The highest BCUT2D eigenvalue weighted by Gasteiger charge is 2.24. The second-order valence-electron chi connectivity index (χ2n) is 5.15. The van der Waals surface area contributed by atoms with E-state index in [9.17, 15) is 5.21 Å². The summed E-state index contributed by atoms with van der Waals surface area (Å²) in [6, 6.07) is 25.5. The summed E-state index contributed by atoms with van der Waals surface area (Å²) in [5.74, 6) is 0. The second-order valence-corrected chi connectivity index (χ2v) is 5.15. The lowest BCUT2D eigenvalue weighted by atomic mass is 10.0. The molecule has 2 aromatic carbocycles. The lowest BCUT2D eigenvalue weighted by Crippen LogP contribution is -2.27. The predicted octanol–water partition coefficient (Wildman–Crippen LogP) is 3.91. The summed E-state index contributed by atoms with van der Waals surface area (Å²) in [6.45, 7) is 0. The Morgan fingerprint density at radius 1 is 0.682 bits per heavy atom. The molecule has 0 spiro atoms. The van der Waals surface area contributed by atoms with Gasteiger partial charge in [-0.05, 0) is 6.07 Å². The zero-order chi connectivity index (χ0) is 14.9. The number of hydrogen-bond acceptors (Lipinski definition) is 1. The first-order valence-electron chi connectivity index (χ1n) is 7.20. The van der Waals surface area contributed by atoms with E-state index >= 15 is 0 Å². The van der Waals surface area contributed by atoms with Crippen molar-refractivity contribution in [3.63, 3.8) is 0 Å². The van der Waals surface area contributed by atoms with Crippen molar-refractivity contribution in [3.8, 4) is 22.5 Å². The molecule has 0 atom stereocenters. The molecule has 2 aromatic heterocycles. The number of pyridine rings is 1. The van der Waals surface area contributed by atoms with Gasteiger partial charge in [0.05, 0.1) is 6.20 Å². The van der Waals surface area contributed by atoms with Crippen molar-refractivity contribution in [2.45, 2.75) is 0 Å². The van der Waals surface area contributed by atoms with Crippen LogP contribution in [0.1, 0.15) is 0 Å². The summed E-state index contributed by atoms with van der Waals surface area (Å²) < 4.78 is 2.96. The molecule has 0 radical (unpaired) electrons. The molecule has 0 aliphatic heterocycles. The average molecular weight is 286 g/mol. The highest BCUT2D eigenvalue weighted by molar-refractivity contribution is 5.78. The summed E-state index contributed by atoms with van der Waals surface area (Å²) >= 11 is 0. The van der Waals surface area contributed by atoms with Crippen molar-refractivity contribution < 1.29 is 4.73 Å². The van der Waals surface area contributed by atoms with Crippen LogP contribution in [0.2, 0.25) is 0 Å². The molecule has 0 bridgehead atoms. The number of fused-ring (bicyclic) bond motifs is 1. The third kappa shape index (κ3) is 1.87. The Bertz CT molecular complexity index is 928. The molecule has 0 unspecified atom stereocenters. The van der Waals surface area contributed by atoms with E-state index in [2.05, 4.69) is 0 Å². The van der Waals surface area contributed by atoms with Crippen LogP contribution < -0.4 is 4.73 Å². The largest absolute Gasteiger partial charge is 0.710 e. The van der Waals surface area contributed by atoms with Gasteiger partial charge in [-0.25, -0.2) is 4.73 Å². The van der Waals surface area contributed by atoms with E-state index in [1.165, 1.54) is 0 Å². The van der Waals surface area contributed by atoms with E-state index in [-0.39, 0.29) is 0 Å². The number of hydrogen-bond donors (Lipinski definition) is 0. The fourth-order valence-electron chi connectivity index (χ4n) is 2.84. The fourth-order valence-corrected chi connectivity index (χ4v) is 2.84. The summed E-state index contributed by atoms with van der Waals surface area (Å²) in [4.78, 5) is 0. The van der Waals surface area contributed by atoms with E-state index in [0.29, 0.717) is 11.3 Å². The molecule has 4 aromatic rings. The summed E-state index contributed by atoms with van der Waals surface area (Å²) in [6.07, 6.45) is 1.93. The molecule has 3 nitrogen and oxygen atoms in total. The molecule has 0 saturated heterocycles. The smallest absolute Gasteiger partial charge is 0.290 e. The minimum Gasteiger partial charge on any atom is -0.710 e. The van der Waals surface area contributed by atoms with Crippen molar-refractivity contribution in [1.82, 2.24) is 4.40 Å². The standard InChI is InChI=1S/C19H14N2O/c22-21-17-13-7-8-14-20(17)18(15-9-3-1-4-10-15)19(21)16-11-5-2-6-12-16/h1-14H. The number of imidazole rings is 1. The van der Waals surface area contributed by atoms with E-state index < -0.39 is 0 Å². The highest BCUT2D eigenvalue weighted by atomic mass is 16.5. The summed E-state index contributed by atoms with van der Waals surface area (Å²) in [7, 11) is 0. The van der Waals surface area contributed by atoms with Crippen molar-refractivity contribution in [1.29, 1.82) is 0 Å². The summed E-state index contributed by atoms with van der Waals surface area (Å²) in [5, 5.41) is 12.8. The van der Waals surface area contributed by atoms with Crippen LogP contribution in [-0.2, 0) is 0 Å². The SMILES string of the molecule is [O-][n+]1c(-c2ccccc2)c(-c2ccccc2)n2ccccc21. The molecular formula is C19H14N2O. The Morgan fingerprint density at radius 2 is 1.27 bits per heavy atom. The Morgan fingerprint density at radius 3 is 1.95 bits per heavy atom. The third-order valence-corrected chi connectivity index (χ3v) is 3.81. The van der Waals surface area contributed by atoms with Gasteiger partial charge in [-0.1, -0.05) is 66.7 Å². The van der Waals surface area contributed by atoms with Crippen molar-refractivity contribution in [2.75, 3.05) is 0 Å². The van der Waals surface area contributed by atoms with Crippen LogP contribution in [0.4, 0.5) is 0 Å². The maximum atomic E-state index is 12.8. The van der Waals surface area contributed by atoms with Crippen molar-refractivity contribution >= 4 is 5.65 Å². The number of benzene rings is 2.